The van der Waals surface area contributed by atoms with E-state index in [1.54, 1.807) is 16.8 Å². The van der Waals surface area contributed by atoms with E-state index in [2.05, 4.69) is 20.3 Å². The Bertz CT molecular complexity index is 1510. The van der Waals surface area contributed by atoms with Crippen LogP contribution in [0.3, 0.4) is 0 Å². The highest BCUT2D eigenvalue weighted by Gasteiger charge is 2.27. The number of likely N-dealkylation sites (N-methyl/N-ethyl adjacent to an activating group) is 2. The molecule has 0 bridgehead atoms. The minimum Gasteiger partial charge on any atom is -0.325 e. The number of rotatable bonds is 10. The van der Waals surface area contributed by atoms with Crippen molar-refractivity contribution in [3.05, 3.63) is 78.9 Å². The van der Waals surface area contributed by atoms with Gasteiger partial charge in [0.25, 0.3) is 5.56 Å². The molecule has 0 unspecified atom stereocenters. The van der Waals surface area contributed by atoms with Crippen molar-refractivity contribution in [2.24, 2.45) is 0 Å². The molecule has 2 aromatic rings. The molecule has 2 aliphatic rings. The van der Waals surface area contributed by atoms with E-state index in [0.29, 0.717) is 62.3 Å². The number of amides is 1. The zero-order valence-electron chi connectivity index (χ0n) is 23.1. The summed E-state index contributed by atoms with van der Waals surface area (Å²) >= 11 is 19.1. The molecule has 0 radical (unpaired) electrons. The van der Waals surface area contributed by atoms with E-state index in [4.69, 9.17) is 39.8 Å². The molecular weight excluding hydrogens is 573 g/mol. The second-order valence-electron chi connectivity index (χ2n) is 10.3. The molecule has 4 rings (SSSR count). The molecule has 1 amide bonds. The number of aromatic amines is 1. The lowest BCUT2D eigenvalue weighted by molar-refractivity contribution is -0.117. The number of H-pyrrole nitrogens is 1. The second-order valence-corrected chi connectivity index (χ2v) is 11.6. The smallest absolute Gasteiger partial charge is 0.284 e. The molecule has 0 atom stereocenters. The molecule has 2 N–H and O–H groups in total. The Kier molecular flexibility index (Phi) is 9.53. The van der Waals surface area contributed by atoms with Crippen LogP contribution in [-0.4, -0.2) is 76.2 Å². The molecule has 40 heavy (non-hydrogen) atoms. The van der Waals surface area contributed by atoms with E-state index in [0.717, 1.165) is 18.7 Å². The zero-order valence-corrected chi connectivity index (χ0v) is 25.3. The Morgan fingerprint density at radius 3 is 2.27 bits per heavy atom. The van der Waals surface area contributed by atoms with Gasteiger partial charge in [-0.1, -0.05) is 60.8 Å². The van der Waals surface area contributed by atoms with Crippen molar-refractivity contribution >= 4 is 46.4 Å². The van der Waals surface area contributed by atoms with Gasteiger partial charge in [0.2, 0.25) is 5.91 Å². The number of halogens is 3. The molecule has 212 valence electrons. The number of anilines is 1. The molecular formula is C28H32Cl3N7O2. The van der Waals surface area contributed by atoms with Crippen LogP contribution in [-0.2, 0) is 11.2 Å². The second kappa shape index (κ2) is 12.7. The number of hydrogen-bond donors (Lipinski definition) is 2. The number of hydrogen-bond acceptors (Lipinski definition) is 6. The van der Waals surface area contributed by atoms with Crippen LogP contribution in [0, 0.1) is 0 Å². The van der Waals surface area contributed by atoms with Crippen molar-refractivity contribution in [1.82, 2.24) is 29.5 Å². The number of carbonyl (C=O) groups is 1. The van der Waals surface area contributed by atoms with E-state index >= 15 is 0 Å². The van der Waals surface area contributed by atoms with E-state index in [9.17, 15) is 9.59 Å². The molecule has 2 heterocycles. The highest BCUT2D eigenvalue weighted by Crippen LogP contribution is 2.36. The van der Waals surface area contributed by atoms with Gasteiger partial charge in [-0.3, -0.25) is 19.6 Å². The summed E-state index contributed by atoms with van der Waals surface area (Å²) in [6, 6.07) is 10.6. The summed E-state index contributed by atoms with van der Waals surface area (Å²) in [6.07, 6.45) is 0.316. The molecule has 2 aromatic carbocycles. The molecule has 0 saturated heterocycles. The topological polar surface area (TPSA) is 99.2 Å². The third-order valence-corrected chi connectivity index (χ3v) is 7.14. The molecule has 0 aliphatic carbocycles. The Morgan fingerprint density at radius 2 is 1.68 bits per heavy atom. The number of nitrogens with zero attached hydrogens (tertiary/aromatic N) is 5. The first-order chi connectivity index (χ1) is 18.9. The maximum Gasteiger partial charge on any atom is 0.284 e. The Labute approximate surface area is 248 Å². The van der Waals surface area contributed by atoms with Gasteiger partial charge in [-0.25, -0.2) is 9.67 Å². The van der Waals surface area contributed by atoms with Gasteiger partial charge < -0.3 is 10.2 Å². The van der Waals surface area contributed by atoms with Gasteiger partial charge in [0, 0.05) is 30.2 Å². The summed E-state index contributed by atoms with van der Waals surface area (Å²) in [5.41, 5.74) is 2.69. The van der Waals surface area contributed by atoms with Crippen LogP contribution >= 0.6 is 34.8 Å². The van der Waals surface area contributed by atoms with Crippen molar-refractivity contribution < 1.29 is 4.79 Å². The highest BCUT2D eigenvalue weighted by molar-refractivity contribution is 6.40. The van der Waals surface area contributed by atoms with Gasteiger partial charge in [-0.05, 0) is 56.9 Å². The minimum absolute atomic E-state index is 0.00808. The van der Waals surface area contributed by atoms with E-state index in [1.807, 2.05) is 64.2 Å². The van der Waals surface area contributed by atoms with Crippen LogP contribution < -0.4 is 10.9 Å². The number of nitrogens with one attached hydrogen (secondary N) is 2. The molecule has 0 aromatic heterocycles. The third kappa shape index (κ3) is 7.03. The van der Waals surface area contributed by atoms with Gasteiger partial charge in [-0.15, -0.1) is 0 Å². The fraction of sp³-hybridized carbons (Fsp3) is 0.357. The zero-order chi connectivity index (χ0) is 29.1. The van der Waals surface area contributed by atoms with Crippen molar-refractivity contribution in [1.29, 1.82) is 0 Å². The van der Waals surface area contributed by atoms with Crippen LogP contribution in [0.2, 0.25) is 15.1 Å². The molecule has 12 heteroatoms. The normalized spacial score (nSPS) is 11.8. The molecule has 0 fully saturated rings. The quantitative estimate of drug-likeness (QED) is 0.259. The van der Waals surface area contributed by atoms with Crippen LogP contribution in [0.25, 0.3) is 17.1 Å². The van der Waals surface area contributed by atoms with Crippen LogP contribution in [0.1, 0.15) is 36.8 Å². The first-order valence-electron chi connectivity index (χ1n) is 12.8. The Balaban J connectivity index is 1.58. The first kappa shape index (κ1) is 30.0. The average Bonchev–Trinajstić information content (AvgIpc) is 3.23. The van der Waals surface area contributed by atoms with E-state index in [-0.39, 0.29) is 17.4 Å². The van der Waals surface area contributed by atoms with Gasteiger partial charge in [-0.2, -0.15) is 4.98 Å². The summed E-state index contributed by atoms with van der Waals surface area (Å²) in [5.74, 6) is 0.635. The highest BCUT2D eigenvalue weighted by atomic mass is 35.5. The summed E-state index contributed by atoms with van der Waals surface area (Å²) in [7, 11) is 5.92. The number of fused-ring (bicyclic) bond motifs is 1. The third-order valence-electron chi connectivity index (χ3n) is 6.34. The summed E-state index contributed by atoms with van der Waals surface area (Å²) < 4.78 is 1.62. The summed E-state index contributed by atoms with van der Waals surface area (Å²) in [4.78, 5) is 38.7. The lowest BCUT2D eigenvalue weighted by Crippen LogP contribution is -2.34. The number of carbonyl (C=O) groups excluding carboxylic acids is 1. The predicted octanol–water partition coefficient (Wildman–Crippen LogP) is 5.17. The Morgan fingerprint density at radius 1 is 1.02 bits per heavy atom. The fourth-order valence-electron chi connectivity index (χ4n) is 4.29. The Hall–Kier alpha value is -2.95. The maximum absolute atomic E-state index is 13.2. The van der Waals surface area contributed by atoms with Crippen molar-refractivity contribution in [2.75, 3.05) is 46.1 Å². The summed E-state index contributed by atoms with van der Waals surface area (Å²) in [5, 5.41) is 7.20. The van der Waals surface area contributed by atoms with Crippen LogP contribution in [0.4, 0.5) is 5.69 Å². The standard InChI is InChI=1S/C28H32Cl3N7O2/c1-16(2)25-24-27(38(35-25)26-20(30)13-18(29)14-21(26)31)33-22(34-28(24)40)12-17-6-8-19(9-7-17)32-23(39)15-37(5)11-10-36(3)4/h6-9,13-14,16,35H,10-12,15H2,1-5H3,(H,32,39). The number of benzene rings is 2. The number of aromatic nitrogens is 4. The SMILES string of the molecule is CC(C)c1[nH]n(-c2c(Cl)cc(Cl)cc2Cl)c2nc(Cc3ccc(NC(=O)CN(C)CCN(C)C)cc3)nc(=O)c1-2. The van der Waals surface area contributed by atoms with Gasteiger partial charge >= 0.3 is 0 Å². The van der Waals surface area contributed by atoms with Gasteiger partial charge in [0.05, 0.1) is 22.3 Å². The fourth-order valence-corrected chi connectivity index (χ4v) is 5.28. The molecule has 9 nitrogen and oxygen atoms in total. The van der Waals surface area contributed by atoms with Crippen molar-refractivity contribution in [2.45, 2.75) is 26.2 Å². The monoisotopic (exact) mass is 603 g/mol. The lowest BCUT2D eigenvalue weighted by Gasteiger charge is -2.18. The van der Waals surface area contributed by atoms with Crippen molar-refractivity contribution in [3.8, 4) is 17.1 Å². The van der Waals surface area contributed by atoms with E-state index < -0.39 is 0 Å². The van der Waals surface area contributed by atoms with E-state index in [1.165, 1.54) is 0 Å². The first-order valence-corrected chi connectivity index (χ1v) is 13.9. The lowest BCUT2D eigenvalue weighted by atomic mass is 10.1. The van der Waals surface area contributed by atoms with Crippen molar-refractivity contribution in [3.63, 3.8) is 0 Å². The molecule has 0 spiro atoms. The van der Waals surface area contributed by atoms with Gasteiger partial charge in [0.15, 0.2) is 5.82 Å². The minimum atomic E-state index is -0.387. The molecule has 0 saturated carbocycles. The predicted molar refractivity (Wildman–Crippen MR) is 162 cm³/mol. The largest absolute Gasteiger partial charge is 0.325 e. The van der Waals surface area contributed by atoms with Crippen LogP contribution in [0.15, 0.2) is 41.2 Å². The maximum atomic E-state index is 13.2. The molecule has 2 aliphatic heterocycles. The summed E-state index contributed by atoms with van der Waals surface area (Å²) in [6.45, 7) is 5.90. The van der Waals surface area contributed by atoms with Gasteiger partial charge in [0.1, 0.15) is 17.1 Å². The van der Waals surface area contributed by atoms with Crippen LogP contribution in [0.5, 0.6) is 0 Å². The average molecular weight is 605 g/mol.